The van der Waals surface area contributed by atoms with Crippen molar-refractivity contribution in [2.45, 2.75) is 23.6 Å². The van der Waals surface area contributed by atoms with Gasteiger partial charge in [0, 0.05) is 63.8 Å². The van der Waals surface area contributed by atoms with Gasteiger partial charge < -0.3 is 9.80 Å². The average molecular weight is 531 g/mol. The first-order valence-corrected chi connectivity index (χ1v) is 14.9. The van der Waals surface area contributed by atoms with Gasteiger partial charge in [0.1, 0.15) is 0 Å². The van der Waals surface area contributed by atoms with Gasteiger partial charge >= 0.3 is 0 Å². The molecule has 2 aliphatic heterocycles. The standard InChI is InChI=1S/C26H34N4O4S2/c1-21(2)27-13-17-29(18-14-27)35(31,32)25-9-5-23(6-10-25)24-7-11-26(12-8-24)36(33,34)30-19-15-28(16-20-30)22(3)4/h5-12H,1,3,13-20H2,2,4H3. The molecule has 0 spiro atoms. The first-order chi connectivity index (χ1) is 17.0. The zero-order valence-corrected chi connectivity index (χ0v) is 22.6. The summed E-state index contributed by atoms with van der Waals surface area (Å²) < 4.78 is 55.3. The number of benzene rings is 2. The Balaban J connectivity index is 1.44. The lowest BCUT2D eigenvalue weighted by molar-refractivity contribution is 0.230. The highest BCUT2D eigenvalue weighted by Gasteiger charge is 2.29. The molecule has 8 nitrogen and oxygen atoms in total. The predicted molar refractivity (Wildman–Crippen MR) is 142 cm³/mol. The fourth-order valence-corrected chi connectivity index (χ4v) is 7.40. The molecule has 0 N–H and O–H groups in total. The SMILES string of the molecule is C=C(C)N1CCN(S(=O)(=O)c2ccc(-c3ccc(S(=O)(=O)N4CCN(C(=C)C)CC4)cc3)cc2)CC1. The van der Waals surface area contributed by atoms with E-state index in [1.165, 1.54) is 8.61 Å². The van der Waals surface area contributed by atoms with Crippen LogP contribution in [-0.4, -0.2) is 87.6 Å². The lowest BCUT2D eigenvalue weighted by Gasteiger charge is -2.35. The third kappa shape index (κ3) is 5.36. The van der Waals surface area contributed by atoms with Crippen LogP contribution in [0, 0.1) is 0 Å². The van der Waals surface area contributed by atoms with E-state index >= 15 is 0 Å². The summed E-state index contributed by atoms with van der Waals surface area (Å²) in [6.45, 7) is 15.9. The van der Waals surface area contributed by atoms with E-state index in [1.54, 1.807) is 48.5 Å². The Bertz CT molecular complexity index is 1220. The molecule has 36 heavy (non-hydrogen) atoms. The van der Waals surface area contributed by atoms with Crippen LogP contribution in [0.15, 0.2) is 82.9 Å². The van der Waals surface area contributed by atoms with Crippen LogP contribution < -0.4 is 0 Å². The lowest BCUT2D eigenvalue weighted by atomic mass is 10.1. The van der Waals surface area contributed by atoms with Crippen LogP contribution in [0.5, 0.6) is 0 Å². The number of rotatable bonds is 7. The molecule has 2 aromatic carbocycles. The lowest BCUT2D eigenvalue weighted by Crippen LogP contribution is -2.47. The van der Waals surface area contributed by atoms with Crippen LogP contribution >= 0.6 is 0 Å². The van der Waals surface area contributed by atoms with Crippen LogP contribution in [0.3, 0.4) is 0 Å². The van der Waals surface area contributed by atoms with Crippen molar-refractivity contribution in [3.63, 3.8) is 0 Å². The van der Waals surface area contributed by atoms with Gasteiger partial charge in [-0.05, 0) is 49.2 Å². The van der Waals surface area contributed by atoms with Crippen molar-refractivity contribution in [2.75, 3.05) is 52.4 Å². The van der Waals surface area contributed by atoms with Crippen molar-refractivity contribution < 1.29 is 16.8 Å². The molecule has 0 aromatic heterocycles. The molecule has 0 atom stereocenters. The Kier molecular flexibility index (Phi) is 7.61. The molecule has 2 aromatic rings. The Morgan fingerprint density at radius 1 is 0.556 bits per heavy atom. The molecule has 4 rings (SSSR count). The van der Waals surface area contributed by atoms with Gasteiger partial charge in [-0.2, -0.15) is 8.61 Å². The van der Waals surface area contributed by atoms with E-state index in [0.717, 1.165) is 22.5 Å². The normalized spacial score (nSPS) is 18.3. The summed E-state index contributed by atoms with van der Waals surface area (Å²) in [7, 11) is -7.15. The molecule has 0 radical (unpaired) electrons. The van der Waals surface area contributed by atoms with E-state index < -0.39 is 20.0 Å². The van der Waals surface area contributed by atoms with E-state index in [2.05, 4.69) is 23.0 Å². The van der Waals surface area contributed by atoms with Crippen molar-refractivity contribution in [2.24, 2.45) is 0 Å². The highest BCUT2D eigenvalue weighted by Crippen LogP contribution is 2.26. The molecule has 0 aliphatic carbocycles. The maximum Gasteiger partial charge on any atom is 0.243 e. The molecule has 0 bridgehead atoms. The van der Waals surface area contributed by atoms with Gasteiger partial charge in [-0.3, -0.25) is 0 Å². The Labute approximate surface area is 215 Å². The van der Waals surface area contributed by atoms with E-state index in [-0.39, 0.29) is 9.79 Å². The van der Waals surface area contributed by atoms with Gasteiger partial charge in [-0.25, -0.2) is 16.8 Å². The fraction of sp³-hybridized carbons (Fsp3) is 0.385. The molecule has 0 saturated carbocycles. The maximum absolute atomic E-state index is 13.1. The summed E-state index contributed by atoms with van der Waals surface area (Å²) in [5.41, 5.74) is 3.53. The Morgan fingerprint density at radius 2 is 0.833 bits per heavy atom. The van der Waals surface area contributed by atoms with Gasteiger partial charge in [-0.15, -0.1) is 0 Å². The van der Waals surface area contributed by atoms with Gasteiger partial charge in [0.25, 0.3) is 0 Å². The number of sulfonamides is 2. The zero-order chi connectivity index (χ0) is 26.1. The van der Waals surface area contributed by atoms with Crippen molar-refractivity contribution in [3.05, 3.63) is 73.1 Å². The third-order valence-corrected chi connectivity index (χ3v) is 10.7. The third-order valence-electron chi connectivity index (χ3n) is 6.87. The fourth-order valence-electron chi connectivity index (χ4n) is 4.56. The van der Waals surface area contributed by atoms with Crippen molar-refractivity contribution in [1.82, 2.24) is 18.4 Å². The number of hydrogen-bond donors (Lipinski definition) is 0. The van der Waals surface area contributed by atoms with E-state index in [9.17, 15) is 16.8 Å². The number of nitrogens with zero attached hydrogens (tertiary/aromatic N) is 4. The van der Waals surface area contributed by atoms with Crippen molar-refractivity contribution in [3.8, 4) is 11.1 Å². The molecule has 2 fully saturated rings. The van der Waals surface area contributed by atoms with Gasteiger partial charge in [-0.1, -0.05) is 37.4 Å². The quantitative estimate of drug-likeness (QED) is 0.548. The second-order valence-corrected chi connectivity index (χ2v) is 13.2. The molecule has 0 unspecified atom stereocenters. The number of hydrogen-bond acceptors (Lipinski definition) is 6. The highest BCUT2D eigenvalue weighted by atomic mass is 32.2. The second-order valence-electron chi connectivity index (χ2n) is 9.30. The minimum Gasteiger partial charge on any atom is -0.373 e. The molecular formula is C26H34N4O4S2. The second kappa shape index (κ2) is 10.4. The largest absolute Gasteiger partial charge is 0.373 e. The Hall–Kier alpha value is -2.66. The average Bonchev–Trinajstić information content (AvgIpc) is 2.89. The Morgan fingerprint density at radius 3 is 1.08 bits per heavy atom. The summed E-state index contributed by atoms with van der Waals surface area (Å²) in [5.74, 6) is 0. The van der Waals surface area contributed by atoms with Crippen LogP contribution in [0.4, 0.5) is 0 Å². The molecule has 2 saturated heterocycles. The summed E-state index contributed by atoms with van der Waals surface area (Å²) in [4.78, 5) is 4.67. The van der Waals surface area contributed by atoms with Gasteiger partial charge in [0.05, 0.1) is 9.79 Å². The first-order valence-electron chi connectivity index (χ1n) is 12.0. The van der Waals surface area contributed by atoms with Crippen molar-refractivity contribution in [1.29, 1.82) is 0 Å². The molecular weight excluding hydrogens is 496 g/mol. The highest BCUT2D eigenvalue weighted by molar-refractivity contribution is 7.89. The first kappa shape index (κ1) is 26.4. The summed E-state index contributed by atoms with van der Waals surface area (Å²) >= 11 is 0. The maximum atomic E-state index is 13.1. The number of allylic oxidation sites excluding steroid dienone is 2. The molecule has 194 valence electrons. The topological polar surface area (TPSA) is 81.2 Å². The number of piperazine rings is 2. The predicted octanol–water partition coefficient (Wildman–Crippen LogP) is 3.03. The molecule has 10 heteroatoms. The van der Waals surface area contributed by atoms with Crippen LogP contribution in [0.2, 0.25) is 0 Å². The summed E-state index contributed by atoms with van der Waals surface area (Å²) in [5, 5.41) is 0. The van der Waals surface area contributed by atoms with Gasteiger partial charge in [0.2, 0.25) is 20.0 Å². The summed E-state index contributed by atoms with van der Waals surface area (Å²) in [6.07, 6.45) is 0. The van der Waals surface area contributed by atoms with Crippen molar-refractivity contribution >= 4 is 20.0 Å². The van der Waals surface area contributed by atoms with Crippen LogP contribution in [0.1, 0.15) is 13.8 Å². The monoisotopic (exact) mass is 530 g/mol. The van der Waals surface area contributed by atoms with Gasteiger partial charge in [0.15, 0.2) is 0 Å². The van der Waals surface area contributed by atoms with Crippen LogP contribution in [0.25, 0.3) is 11.1 Å². The summed E-state index contributed by atoms with van der Waals surface area (Å²) in [6, 6.07) is 13.5. The van der Waals surface area contributed by atoms with E-state index in [0.29, 0.717) is 52.4 Å². The van der Waals surface area contributed by atoms with E-state index in [1.807, 2.05) is 13.8 Å². The minimum atomic E-state index is -3.57. The van der Waals surface area contributed by atoms with E-state index in [4.69, 9.17) is 0 Å². The molecule has 2 aliphatic rings. The smallest absolute Gasteiger partial charge is 0.243 e. The minimum absolute atomic E-state index is 0.253. The zero-order valence-electron chi connectivity index (χ0n) is 20.9. The van der Waals surface area contributed by atoms with Crippen LogP contribution in [-0.2, 0) is 20.0 Å². The molecule has 2 heterocycles. The molecule has 0 amide bonds.